The summed E-state index contributed by atoms with van der Waals surface area (Å²) in [5.41, 5.74) is 2.97. The van der Waals surface area contributed by atoms with Crippen LogP contribution < -0.4 is 5.32 Å². The summed E-state index contributed by atoms with van der Waals surface area (Å²) in [7, 11) is -2.83. The number of aromatic nitrogens is 2. The van der Waals surface area contributed by atoms with Crippen molar-refractivity contribution in [1.82, 2.24) is 9.97 Å². The van der Waals surface area contributed by atoms with Gasteiger partial charge in [0.15, 0.2) is 9.84 Å². The molecule has 1 saturated heterocycles. The van der Waals surface area contributed by atoms with E-state index in [1.165, 1.54) is 0 Å². The largest absolute Gasteiger partial charge is 0.381 e. The van der Waals surface area contributed by atoms with Crippen LogP contribution in [0.5, 0.6) is 0 Å². The number of rotatable bonds is 3. The molecule has 0 aliphatic carbocycles. The van der Waals surface area contributed by atoms with E-state index < -0.39 is 9.84 Å². The first-order chi connectivity index (χ1) is 9.12. The van der Waals surface area contributed by atoms with E-state index in [0.29, 0.717) is 6.42 Å². The van der Waals surface area contributed by atoms with Crippen LogP contribution in [0.25, 0.3) is 11.3 Å². The van der Waals surface area contributed by atoms with E-state index in [1.54, 1.807) is 12.5 Å². The van der Waals surface area contributed by atoms with Gasteiger partial charge in [0, 0.05) is 11.7 Å². The maximum Gasteiger partial charge on any atom is 0.152 e. The Kier molecular flexibility index (Phi) is 3.02. The van der Waals surface area contributed by atoms with Gasteiger partial charge >= 0.3 is 0 Å². The molecular weight excluding hydrogens is 262 g/mol. The van der Waals surface area contributed by atoms with E-state index in [9.17, 15) is 8.42 Å². The second-order valence-electron chi connectivity index (χ2n) is 4.79. The molecule has 2 aromatic rings. The van der Waals surface area contributed by atoms with Gasteiger partial charge in [0.05, 0.1) is 29.7 Å². The van der Waals surface area contributed by atoms with Crippen LogP contribution in [-0.4, -0.2) is 35.9 Å². The number of imidazole rings is 1. The molecule has 1 fully saturated rings. The quantitative estimate of drug-likeness (QED) is 0.895. The van der Waals surface area contributed by atoms with E-state index in [4.69, 9.17) is 0 Å². The van der Waals surface area contributed by atoms with Gasteiger partial charge in [-0.2, -0.15) is 0 Å². The van der Waals surface area contributed by atoms with E-state index in [1.807, 2.05) is 24.3 Å². The first-order valence-electron chi connectivity index (χ1n) is 6.18. The average molecular weight is 277 g/mol. The number of nitrogens with one attached hydrogen (secondary N) is 2. The summed E-state index contributed by atoms with van der Waals surface area (Å²) in [4.78, 5) is 7.03. The van der Waals surface area contributed by atoms with Crippen LogP contribution in [0.1, 0.15) is 6.42 Å². The third-order valence-corrected chi connectivity index (χ3v) is 5.07. The average Bonchev–Trinajstić information content (AvgIpc) is 3.00. The second kappa shape index (κ2) is 4.70. The fourth-order valence-electron chi connectivity index (χ4n) is 2.30. The zero-order valence-corrected chi connectivity index (χ0v) is 11.2. The number of sulfone groups is 1. The summed E-state index contributed by atoms with van der Waals surface area (Å²) in [6, 6.07) is 7.92. The number of aromatic amines is 1. The number of benzene rings is 1. The minimum atomic E-state index is -2.83. The standard InChI is InChI=1S/C13H15N3O2S/c17-19(18)6-5-12(8-19)16-11-3-1-10(2-4-11)13-7-14-9-15-13/h1-4,7,9,12,16H,5-6,8H2,(H,14,15). The zero-order chi connectivity index (χ0) is 13.3. The van der Waals surface area contributed by atoms with Crippen molar-refractivity contribution < 1.29 is 8.42 Å². The Balaban J connectivity index is 1.70. The molecule has 1 aliphatic heterocycles. The summed E-state index contributed by atoms with van der Waals surface area (Å²) in [5.74, 6) is 0.520. The molecule has 0 spiro atoms. The minimum absolute atomic E-state index is 0.0306. The van der Waals surface area contributed by atoms with E-state index in [-0.39, 0.29) is 17.5 Å². The number of anilines is 1. The maximum absolute atomic E-state index is 11.4. The second-order valence-corrected chi connectivity index (χ2v) is 7.02. The van der Waals surface area contributed by atoms with Gasteiger partial charge in [-0.05, 0) is 24.1 Å². The fourth-order valence-corrected chi connectivity index (χ4v) is 3.98. The molecule has 6 heteroatoms. The lowest BCUT2D eigenvalue weighted by atomic mass is 10.1. The molecule has 1 aromatic heterocycles. The molecular formula is C13H15N3O2S. The van der Waals surface area contributed by atoms with Gasteiger partial charge in [-0.1, -0.05) is 12.1 Å². The molecule has 1 aliphatic rings. The Morgan fingerprint density at radius 3 is 2.63 bits per heavy atom. The lowest BCUT2D eigenvalue weighted by Crippen LogP contribution is -2.20. The van der Waals surface area contributed by atoms with Crippen LogP contribution in [0.3, 0.4) is 0 Å². The van der Waals surface area contributed by atoms with Crippen LogP contribution in [0, 0.1) is 0 Å². The Morgan fingerprint density at radius 1 is 1.26 bits per heavy atom. The number of hydrogen-bond donors (Lipinski definition) is 2. The highest BCUT2D eigenvalue weighted by Gasteiger charge is 2.27. The minimum Gasteiger partial charge on any atom is -0.381 e. The number of hydrogen-bond acceptors (Lipinski definition) is 4. The lowest BCUT2D eigenvalue weighted by Gasteiger charge is -2.12. The fraction of sp³-hybridized carbons (Fsp3) is 0.308. The highest BCUT2D eigenvalue weighted by atomic mass is 32.2. The van der Waals surface area contributed by atoms with E-state index in [0.717, 1.165) is 16.9 Å². The van der Waals surface area contributed by atoms with Gasteiger partial charge in [0.1, 0.15) is 0 Å². The molecule has 1 aromatic carbocycles. The predicted octanol–water partition coefficient (Wildman–Crippen LogP) is 1.68. The Labute approximate surface area is 112 Å². The van der Waals surface area contributed by atoms with E-state index in [2.05, 4.69) is 15.3 Å². The molecule has 1 atom stereocenters. The van der Waals surface area contributed by atoms with Gasteiger partial charge in [0.25, 0.3) is 0 Å². The molecule has 5 nitrogen and oxygen atoms in total. The van der Waals surface area contributed by atoms with Gasteiger partial charge < -0.3 is 10.3 Å². The molecule has 3 rings (SSSR count). The van der Waals surface area contributed by atoms with E-state index >= 15 is 0 Å². The van der Waals surface area contributed by atoms with Crippen molar-refractivity contribution in [1.29, 1.82) is 0 Å². The summed E-state index contributed by atoms with van der Waals surface area (Å²) in [5, 5.41) is 3.26. The molecule has 0 radical (unpaired) electrons. The summed E-state index contributed by atoms with van der Waals surface area (Å²) in [6.07, 6.45) is 4.10. The van der Waals surface area contributed by atoms with Crippen LogP contribution >= 0.6 is 0 Å². The molecule has 100 valence electrons. The summed E-state index contributed by atoms with van der Waals surface area (Å²) < 4.78 is 22.8. The van der Waals surface area contributed by atoms with Crippen LogP contribution in [-0.2, 0) is 9.84 Å². The zero-order valence-electron chi connectivity index (χ0n) is 10.3. The van der Waals surface area contributed by atoms with Crippen molar-refractivity contribution in [3.8, 4) is 11.3 Å². The number of nitrogens with zero attached hydrogens (tertiary/aromatic N) is 1. The smallest absolute Gasteiger partial charge is 0.152 e. The summed E-state index contributed by atoms with van der Waals surface area (Å²) >= 11 is 0. The Bertz CT molecular complexity index is 648. The van der Waals surface area contributed by atoms with Crippen LogP contribution in [0.15, 0.2) is 36.8 Å². The van der Waals surface area contributed by atoms with Crippen molar-refractivity contribution in [2.24, 2.45) is 0 Å². The van der Waals surface area contributed by atoms with Gasteiger partial charge in [-0.15, -0.1) is 0 Å². The normalized spacial score (nSPS) is 21.4. The first-order valence-corrected chi connectivity index (χ1v) is 8.00. The molecule has 0 bridgehead atoms. The third-order valence-electron chi connectivity index (χ3n) is 3.30. The Hall–Kier alpha value is -1.82. The highest BCUT2D eigenvalue weighted by Crippen LogP contribution is 2.21. The Morgan fingerprint density at radius 2 is 2.05 bits per heavy atom. The van der Waals surface area contributed by atoms with Crippen LogP contribution in [0.2, 0.25) is 0 Å². The lowest BCUT2D eigenvalue weighted by molar-refractivity contribution is 0.602. The van der Waals surface area contributed by atoms with Crippen molar-refractivity contribution in [2.45, 2.75) is 12.5 Å². The van der Waals surface area contributed by atoms with Gasteiger partial charge in [-0.3, -0.25) is 0 Å². The first kappa shape index (κ1) is 12.2. The van der Waals surface area contributed by atoms with Crippen molar-refractivity contribution in [2.75, 3.05) is 16.8 Å². The monoisotopic (exact) mass is 277 g/mol. The van der Waals surface area contributed by atoms with Crippen molar-refractivity contribution in [3.05, 3.63) is 36.8 Å². The molecule has 2 N–H and O–H groups in total. The van der Waals surface area contributed by atoms with Gasteiger partial charge in [-0.25, -0.2) is 13.4 Å². The molecule has 0 amide bonds. The molecule has 1 unspecified atom stereocenters. The predicted molar refractivity (Wildman–Crippen MR) is 74.7 cm³/mol. The number of H-pyrrole nitrogens is 1. The van der Waals surface area contributed by atoms with Crippen molar-refractivity contribution in [3.63, 3.8) is 0 Å². The third kappa shape index (κ3) is 2.78. The molecule has 0 saturated carbocycles. The highest BCUT2D eigenvalue weighted by molar-refractivity contribution is 7.91. The molecule has 2 heterocycles. The van der Waals surface area contributed by atoms with Crippen molar-refractivity contribution >= 4 is 15.5 Å². The molecule has 19 heavy (non-hydrogen) atoms. The maximum atomic E-state index is 11.4. The van der Waals surface area contributed by atoms with Crippen LogP contribution in [0.4, 0.5) is 5.69 Å². The topological polar surface area (TPSA) is 74.8 Å². The van der Waals surface area contributed by atoms with Gasteiger partial charge in [0.2, 0.25) is 0 Å². The summed E-state index contributed by atoms with van der Waals surface area (Å²) in [6.45, 7) is 0. The SMILES string of the molecule is O=S1(=O)CCC(Nc2ccc(-c3cnc[nH]3)cc2)C1.